The summed E-state index contributed by atoms with van der Waals surface area (Å²) in [6.45, 7) is 1.75. The first-order chi connectivity index (χ1) is 5.65. The van der Waals surface area contributed by atoms with Crippen molar-refractivity contribution in [3.05, 3.63) is 39.4 Å². The third-order valence-corrected chi connectivity index (χ3v) is 1.44. The second kappa shape index (κ2) is 2.70. The summed E-state index contributed by atoms with van der Waals surface area (Å²) in [6, 6.07) is 4.89. The Morgan fingerprint density at radius 3 is 2.91 bits per heavy atom. The van der Waals surface area contributed by atoms with E-state index in [0.29, 0.717) is 5.56 Å². The molecule has 3 heteroatoms. The Morgan fingerprint density at radius 2 is 2.36 bits per heavy atom. The van der Waals surface area contributed by atoms with Crippen molar-refractivity contribution in [2.24, 2.45) is 0 Å². The molecule has 0 aliphatic carbocycles. The van der Waals surface area contributed by atoms with Crippen molar-refractivity contribution in [2.75, 3.05) is 0 Å². The molecule has 0 aliphatic heterocycles. The van der Waals surface area contributed by atoms with E-state index in [9.17, 15) is 10.1 Å². The predicted octanol–water partition coefficient (Wildman–Crippen LogP) is 2.21. The van der Waals surface area contributed by atoms with E-state index in [4.69, 9.17) is 1.37 Å². The molecule has 1 aromatic rings. The van der Waals surface area contributed by atoms with Gasteiger partial charge in [-0.15, -0.1) is 0 Å². The number of hydrogen-bond donors (Lipinski definition) is 0. The summed E-state index contributed by atoms with van der Waals surface area (Å²) in [4.78, 5) is 10.0. The highest BCUT2D eigenvalue weighted by atomic mass is 16.6. The maximum atomic E-state index is 10.5. The maximum Gasteiger partial charge on any atom is 0.272 e. The van der Waals surface area contributed by atoms with E-state index in [1.165, 1.54) is 6.07 Å². The van der Waals surface area contributed by atoms with Gasteiger partial charge in [0.15, 0.2) is 0 Å². The lowest BCUT2D eigenvalue weighted by atomic mass is 10.1. The zero-order valence-electron chi connectivity index (χ0n) is 7.20. The minimum atomic E-state index is -0.448. The van der Waals surface area contributed by atoms with Crippen molar-refractivity contribution in [2.45, 2.75) is 13.8 Å². The van der Waals surface area contributed by atoms with Crippen molar-refractivity contribution in [1.82, 2.24) is 0 Å². The van der Waals surface area contributed by atoms with E-state index in [0.717, 1.165) is 5.56 Å². The molecule has 0 atom stereocenters. The zero-order chi connectivity index (χ0) is 9.14. The van der Waals surface area contributed by atoms with E-state index >= 15 is 0 Å². The minimum Gasteiger partial charge on any atom is -0.258 e. The van der Waals surface area contributed by atoms with Crippen LogP contribution in [0.2, 0.25) is 0 Å². The standard InChI is InChI=1S/C8H9NO2/c1-6-3-4-7(2)8(5-6)9(10)11/h3-5H,1-2H3/i2D. The van der Waals surface area contributed by atoms with Gasteiger partial charge in [-0.25, -0.2) is 0 Å². The third-order valence-electron chi connectivity index (χ3n) is 1.44. The van der Waals surface area contributed by atoms with Crippen molar-refractivity contribution in [3.63, 3.8) is 0 Å². The molecule has 0 aromatic heterocycles. The molecule has 0 amide bonds. The van der Waals surface area contributed by atoms with E-state index in [1.54, 1.807) is 19.1 Å². The lowest BCUT2D eigenvalue weighted by Crippen LogP contribution is -1.91. The smallest absolute Gasteiger partial charge is 0.258 e. The number of rotatable bonds is 1. The summed E-state index contributed by atoms with van der Waals surface area (Å²) in [5.74, 6) is 0. The Labute approximate surface area is 66.2 Å². The summed E-state index contributed by atoms with van der Waals surface area (Å²) in [7, 11) is 0. The molecule has 0 unspecified atom stereocenters. The van der Waals surface area contributed by atoms with Gasteiger partial charge >= 0.3 is 0 Å². The zero-order valence-corrected chi connectivity index (χ0v) is 6.20. The predicted molar refractivity (Wildman–Crippen MR) is 42.6 cm³/mol. The van der Waals surface area contributed by atoms with Crippen LogP contribution in [0.25, 0.3) is 0 Å². The molecular formula is C8H9NO2. The fourth-order valence-corrected chi connectivity index (χ4v) is 0.844. The summed E-state index contributed by atoms with van der Waals surface area (Å²) in [5.41, 5.74) is 1.36. The van der Waals surface area contributed by atoms with Gasteiger partial charge in [-0.2, -0.15) is 0 Å². The monoisotopic (exact) mass is 152 g/mol. The van der Waals surface area contributed by atoms with E-state index < -0.39 is 4.92 Å². The van der Waals surface area contributed by atoms with Gasteiger partial charge in [0.1, 0.15) is 0 Å². The fraction of sp³-hybridized carbons (Fsp3) is 0.250. The number of benzene rings is 1. The average molecular weight is 152 g/mol. The van der Waals surface area contributed by atoms with Crippen LogP contribution >= 0.6 is 0 Å². The Kier molecular flexibility index (Phi) is 1.55. The molecule has 0 heterocycles. The van der Waals surface area contributed by atoms with E-state index in [2.05, 4.69) is 0 Å². The minimum absolute atomic E-state index is 0.0450. The van der Waals surface area contributed by atoms with Crippen LogP contribution in [-0.2, 0) is 0 Å². The van der Waals surface area contributed by atoms with Crippen LogP contribution in [0.4, 0.5) is 5.69 Å². The van der Waals surface area contributed by atoms with Gasteiger partial charge in [-0.1, -0.05) is 12.1 Å². The van der Waals surface area contributed by atoms with E-state index in [1.807, 2.05) is 0 Å². The summed E-state index contributed by atoms with van der Waals surface area (Å²) >= 11 is 0. The molecule has 0 radical (unpaired) electrons. The van der Waals surface area contributed by atoms with Crippen LogP contribution in [0.1, 0.15) is 12.5 Å². The Bertz CT molecular complexity index is 312. The topological polar surface area (TPSA) is 43.1 Å². The van der Waals surface area contributed by atoms with Gasteiger partial charge in [0, 0.05) is 13.0 Å². The molecule has 0 saturated heterocycles. The van der Waals surface area contributed by atoms with Crippen LogP contribution in [0.3, 0.4) is 0 Å². The van der Waals surface area contributed by atoms with Crippen LogP contribution < -0.4 is 0 Å². The summed E-state index contributed by atoms with van der Waals surface area (Å²) in [6.07, 6.45) is 0. The second-order valence-corrected chi connectivity index (χ2v) is 2.39. The van der Waals surface area contributed by atoms with Crippen molar-refractivity contribution in [3.8, 4) is 0 Å². The Morgan fingerprint density at radius 1 is 1.64 bits per heavy atom. The molecule has 0 aliphatic rings. The maximum absolute atomic E-state index is 10.5. The third kappa shape index (κ3) is 1.55. The molecule has 1 rings (SSSR count). The van der Waals surface area contributed by atoms with Gasteiger partial charge in [-0.05, 0) is 19.4 Å². The highest BCUT2D eigenvalue weighted by Crippen LogP contribution is 2.18. The van der Waals surface area contributed by atoms with Gasteiger partial charge < -0.3 is 0 Å². The fourth-order valence-electron chi connectivity index (χ4n) is 0.844. The van der Waals surface area contributed by atoms with Gasteiger partial charge in [0.2, 0.25) is 0 Å². The number of nitro benzene ring substituents is 1. The first-order valence-corrected chi connectivity index (χ1v) is 3.18. The van der Waals surface area contributed by atoms with Crippen LogP contribution in [0.15, 0.2) is 18.2 Å². The number of nitrogens with zero attached hydrogens (tertiary/aromatic N) is 1. The molecule has 3 nitrogen and oxygen atoms in total. The average Bonchev–Trinajstić information content (AvgIpc) is 2.04. The van der Waals surface area contributed by atoms with Crippen LogP contribution in [-0.4, -0.2) is 4.92 Å². The molecule has 0 N–H and O–H groups in total. The second-order valence-electron chi connectivity index (χ2n) is 2.39. The van der Waals surface area contributed by atoms with Gasteiger partial charge in [0.25, 0.3) is 5.69 Å². The molecule has 0 fully saturated rings. The largest absolute Gasteiger partial charge is 0.272 e. The SMILES string of the molecule is [2H]Cc1ccc(C)cc1[N+](=O)[O-]. The molecular weight excluding hydrogens is 142 g/mol. The summed E-state index contributed by atoms with van der Waals surface area (Å²) < 4.78 is 7.04. The number of nitro groups is 1. The Balaban J connectivity index is 3.21. The number of aryl methyl sites for hydroxylation is 2. The highest BCUT2D eigenvalue weighted by molar-refractivity contribution is 5.41. The van der Waals surface area contributed by atoms with Crippen LogP contribution in [0, 0.1) is 23.9 Å². The quantitative estimate of drug-likeness (QED) is 0.457. The molecule has 0 bridgehead atoms. The first-order valence-electron chi connectivity index (χ1n) is 3.89. The highest BCUT2D eigenvalue weighted by Gasteiger charge is 2.08. The Hall–Kier alpha value is -1.38. The van der Waals surface area contributed by atoms with E-state index in [-0.39, 0.29) is 12.6 Å². The summed E-state index contributed by atoms with van der Waals surface area (Å²) in [5, 5.41) is 10.5. The van der Waals surface area contributed by atoms with Crippen molar-refractivity contribution < 1.29 is 6.29 Å². The van der Waals surface area contributed by atoms with Crippen molar-refractivity contribution in [1.29, 1.82) is 0 Å². The first kappa shape index (κ1) is 6.34. The molecule has 11 heavy (non-hydrogen) atoms. The van der Waals surface area contributed by atoms with Crippen LogP contribution in [0.5, 0.6) is 0 Å². The van der Waals surface area contributed by atoms with Gasteiger partial charge in [-0.3, -0.25) is 10.1 Å². The normalized spacial score (nSPS) is 10.8. The molecule has 0 spiro atoms. The van der Waals surface area contributed by atoms with Crippen molar-refractivity contribution >= 4 is 5.69 Å². The number of hydrogen-bond acceptors (Lipinski definition) is 2. The molecule has 58 valence electrons. The van der Waals surface area contributed by atoms with Gasteiger partial charge in [0.05, 0.1) is 4.92 Å². The molecule has 1 aromatic carbocycles. The lowest BCUT2D eigenvalue weighted by Gasteiger charge is -1.96. The molecule has 0 saturated carbocycles. The lowest BCUT2D eigenvalue weighted by molar-refractivity contribution is -0.385.